The van der Waals surface area contributed by atoms with Crippen LogP contribution in [0.1, 0.15) is 24.2 Å². The number of pyridine rings is 1. The summed E-state index contributed by atoms with van der Waals surface area (Å²) in [5, 5.41) is 5.92. The van der Waals surface area contributed by atoms with Gasteiger partial charge in [-0.25, -0.2) is 4.98 Å². The van der Waals surface area contributed by atoms with Gasteiger partial charge >= 0.3 is 0 Å². The maximum Gasteiger partial charge on any atom is 0.255 e. The zero-order chi connectivity index (χ0) is 21.6. The van der Waals surface area contributed by atoms with Gasteiger partial charge in [0.1, 0.15) is 10.8 Å². The van der Waals surface area contributed by atoms with Crippen molar-refractivity contribution in [3.05, 3.63) is 84.0 Å². The maximum atomic E-state index is 12.7. The van der Waals surface area contributed by atoms with Gasteiger partial charge in [-0.3, -0.25) is 9.78 Å². The summed E-state index contributed by atoms with van der Waals surface area (Å²) < 4.78 is 5.68. The minimum Gasteiger partial charge on any atom is -0.493 e. The molecular weight excluding hydrogens is 406 g/mol. The van der Waals surface area contributed by atoms with Crippen molar-refractivity contribution in [1.82, 2.24) is 9.97 Å². The van der Waals surface area contributed by atoms with Crippen molar-refractivity contribution >= 4 is 22.9 Å². The Morgan fingerprint density at radius 1 is 1.03 bits per heavy atom. The molecule has 0 aliphatic heterocycles. The van der Waals surface area contributed by atoms with Gasteiger partial charge in [0, 0.05) is 40.2 Å². The number of anilines is 1. The second-order valence-corrected chi connectivity index (χ2v) is 8.40. The van der Waals surface area contributed by atoms with Crippen LogP contribution in [-0.2, 0) is 0 Å². The molecule has 0 bridgehead atoms. The largest absolute Gasteiger partial charge is 0.493 e. The van der Waals surface area contributed by atoms with Gasteiger partial charge < -0.3 is 10.1 Å². The molecule has 6 heteroatoms. The van der Waals surface area contributed by atoms with E-state index in [2.05, 4.69) is 24.1 Å². The molecule has 2 heterocycles. The number of ether oxygens (including phenoxy) is 1. The normalized spacial score (nSPS) is 10.8. The first-order valence-electron chi connectivity index (χ1n) is 10.1. The van der Waals surface area contributed by atoms with Crippen molar-refractivity contribution < 1.29 is 9.53 Å². The number of thiazole rings is 1. The lowest BCUT2D eigenvalue weighted by Crippen LogP contribution is -2.12. The summed E-state index contributed by atoms with van der Waals surface area (Å²) in [6.45, 7) is 4.85. The van der Waals surface area contributed by atoms with Crippen LogP contribution in [0.3, 0.4) is 0 Å². The van der Waals surface area contributed by atoms with Crippen LogP contribution < -0.4 is 10.1 Å². The fraction of sp³-hybridized carbons (Fsp3) is 0.160. The molecule has 0 fully saturated rings. The fourth-order valence-corrected chi connectivity index (χ4v) is 3.79. The van der Waals surface area contributed by atoms with Crippen LogP contribution in [0.2, 0.25) is 0 Å². The minimum atomic E-state index is -0.164. The molecule has 156 valence electrons. The van der Waals surface area contributed by atoms with Gasteiger partial charge in [0.25, 0.3) is 5.91 Å². The number of aromatic nitrogens is 2. The van der Waals surface area contributed by atoms with Crippen LogP contribution in [0.5, 0.6) is 5.75 Å². The molecule has 2 aromatic heterocycles. The molecule has 2 aromatic carbocycles. The van der Waals surface area contributed by atoms with E-state index in [0.29, 0.717) is 18.1 Å². The average Bonchev–Trinajstić information content (AvgIpc) is 3.29. The molecule has 5 nitrogen and oxygen atoms in total. The van der Waals surface area contributed by atoms with E-state index in [1.54, 1.807) is 35.9 Å². The van der Waals surface area contributed by atoms with Crippen molar-refractivity contribution in [3.63, 3.8) is 0 Å². The third-order valence-electron chi connectivity index (χ3n) is 4.55. The summed E-state index contributed by atoms with van der Waals surface area (Å²) in [5.41, 5.74) is 4.17. The minimum absolute atomic E-state index is 0.164. The molecule has 0 radical (unpaired) electrons. The Labute approximate surface area is 185 Å². The Morgan fingerprint density at radius 3 is 2.55 bits per heavy atom. The molecule has 0 unspecified atom stereocenters. The molecule has 31 heavy (non-hydrogen) atoms. The summed E-state index contributed by atoms with van der Waals surface area (Å²) in [5.74, 6) is 1.05. The molecule has 1 amide bonds. The number of carbonyl (C=O) groups excluding carboxylic acids is 1. The second-order valence-electron chi connectivity index (χ2n) is 7.54. The number of hydrogen-bond donors (Lipinski definition) is 1. The third-order valence-corrected chi connectivity index (χ3v) is 5.44. The van der Waals surface area contributed by atoms with E-state index in [1.807, 2.05) is 53.9 Å². The topological polar surface area (TPSA) is 64.1 Å². The number of carbonyl (C=O) groups is 1. The lowest BCUT2D eigenvalue weighted by molar-refractivity contribution is 0.102. The summed E-state index contributed by atoms with van der Waals surface area (Å²) >= 11 is 1.58. The molecule has 0 saturated carbocycles. The summed E-state index contributed by atoms with van der Waals surface area (Å²) in [6, 6.07) is 18.8. The Balaban J connectivity index is 1.45. The molecule has 0 saturated heterocycles. The molecule has 4 aromatic rings. The van der Waals surface area contributed by atoms with Crippen LogP contribution >= 0.6 is 11.3 Å². The molecule has 0 atom stereocenters. The van der Waals surface area contributed by atoms with Crippen molar-refractivity contribution in [3.8, 4) is 27.6 Å². The number of amides is 1. The molecule has 1 N–H and O–H groups in total. The van der Waals surface area contributed by atoms with Crippen LogP contribution in [0.25, 0.3) is 21.8 Å². The highest BCUT2D eigenvalue weighted by molar-refractivity contribution is 7.13. The van der Waals surface area contributed by atoms with Gasteiger partial charge in [-0.1, -0.05) is 26.0 Å². The van der Waals surface area contributed by atoms with Gasteiger partial charge in [0.15, 0.2) is 0 Å². The van der Waals surface area contributed by atoms with Crippen molar-refractivity contribution in [2.45, 2.75) is 13.8 Å². The molecule has 0 aliphatic carbocycles. The van der Waals surface area contributed by atoms with Crippen LogP contribution in [0, 0.1) is 5.92 Å². The van der Waals surface area contributed by atoms with Crippen molar-refractivity contribution in [2.75, 3.05) is 11.9 Å². The summed E-state index contributed by atoms with van der Waals surface area (Å²) in [6.07, 6.45) is 3.52. The van der Waals surface area contributed by atoms with E-state index < -0.39 is 0 Å². The third kappa shape index (κ3) is 5.35. The van der Waals surface area contributed by atoms with E-state index in [9.17, 15) is 4.79 Å². The quantitative estimate of drug-likeness (QED) is 0.382. The first-order chi connectivity index (χ1) is 15.1. The van der Waals surface area contributed by atoms with Gasteiger partial charge in [-0.15, -0.1) is 11.3 Å². The van der Waals surface area contributed by atoms with Gasteiger partial charge in [-0.05, 0) is 54.4 Å². The van der Waals surface area contributed by atoms with E-state index in [4.69, 9.17) is 9.72 Å². The van der Waals surface area contributed by atoms with E-state index in [0.717, 1.165) is 33.3 Å². The monoisotopic (exact) mass is 429 g/mol. The first-order valence-corrected chi connectivity index (χ1v) is 11.0. The molecule has 0 aliphatic rings. The first kappa shape index (κ1) is 20.8. The van der Waals surface area contributed by atoms with Crippen molar-refractivity contribution in [2.24, 2.45) is 5.92 Å². The van der Waals surface area contributed by atoms with Crippen molar-refractivity contribution in [1.29, 1.82) is 0 Å². The Kier molecular flexibility index (Phi) is 6.38. The SMILES string of the molecule is CC(C)COc1ccc(C(=O)Nc2cccc(-c3csc(-c4ccncc4)n3)c2)cc1. The average molecular weight is 430 g/mol. The zero-order valence-corrected chi connectivity index (χ0v) is 18.2. The second kappa shape index (κ2) is 9.53. The molecule has 0 spiro atoms. The van der Waals surface area contributed by atoms with Crippen LogP contribution in [-0.4, -0.2) is 22.5 Å². The highest BCUT2D eigenvalue weighted by atomic mass is 32.1. The van der Waals surface area contributed by atoms with E-state index in [1.165, 1.54) is 0 Å². The lowest BCUT2D eigenvalue weighted by atomic mass is 10.1. The standard InChI is InChI=1S/C25H23N3O2S/c1-17(2)15-30-22-8-6-18(7-9-22)24(29)27-21-5-3-4-20(14-21)23-16-31-25(28-23)19-10-12-26-13-11-19/h3-14,16-17H,15H2,1-2H3,(H,27,29). The van der Waals surface area contributed by atoms with Crippen LogP contribution in [0.4, 0.5) is 5.69 Å². The molecule has 4 rings (SSSR count). The predicted molar refractivity (Wildman–Crippen MR) is 126 cm³/mol. The van der Waals surface area contributed by atoms with Gasteiger partial charge in [0.2, 0.25) is 0 Å². The number of benzene rings is 2. The van der Waals surface area contributed by atoms with Gasteiger partial charge in [0.05, 0.1) is 12.3 Å². The Morgan fingerprint density at radius 2 is 1.81 bits per heavy atom. The Hall–Kier alpha value is -3.51. The maximum absolute atomic E-state index is 12.7. The fourth-order valence-electron chi connectivity index (χ4n) is 2.96. The van der Waals surface area contributed by atoms with Crippen LogP contribution in [0.15, 0.2) is 78.4 Å². The highest BCUT2D eigenvalue weighted by Gasteiger charge is 2.10. The predicted octanol–water partition coefficient (Wildman–Crippen LogP) is 6.16. The summed E-state index contributed by atoms with van der Waals surface area (Å²) in [4.78, 5) is 21.4. The lowest BCUT2D eigenvalue weighted by Gasteiger charge is -2.10. The molecular formula is C25H23N3O2S. The Bertz CT molecular complexity index is 1150. The smallest absolute Gasteiger partial charge is 0.255 e. The van der Waals surface area contributed by atoms with E-state index >= 15 is 0 Å². The highest BCUT2D eigenvalue weighted by Crippen LogP contribution is 2.29. The van der Waals surface area contributed by atoms with E-state index in [-0.39, 0.29) is 5.91 Å². The summed E-state index contributed by atoms with van der Waals surface area (Å²) in [7, 11) is 0. The number of nitrogens with zero attached hydrogens (tertiary/aromatic N) is 2. The van der Waals surface area contributed by atoms with Gasteiger partial charge in [-0.2, -0.15) is 0 Å². The zero-order valence-electron chi connectivity index (χ0n) is 17.4. The number of rotatable bonds is 7. The number of nitrogens with one attached hydrogen (secondary N) is 1. The number of hydrogen-bond acceptors (Lipinski definition) is 5.